The Bertz CT molecular complexity index is 733. The number of likely N-dealkylation sites (N-methyl/N-ethyl adjacent to an activating group) is 1. The summed E-state index contributed by atoms with van der Waals surface area (Å²) in [4.78, 5) is 25.8. The zero-order valence-corrected chi connectivity index (χ0v) is 16.0. The maximum atomic E-state index is 12.7. The molecule has 0 radical (unpaired) electrons. The average Bonchev–Trinajstić information content (AvgIpc) is 2.54. The largest absolute Gasteiger partial charge is 0.336 e. The van der Waals surface area contributed by atoms with E-state index in [9.17, 15) is 18.0 Å². The maximum absolute atomic E-state index is 12.7. The van der Waals surface area contributed by atoms with Crippen LogP contribution in [0, 0.1) is 0 Å². The molecule has 1 heterocycles. The lowest BCUT2D eigenvalue weighted by Gasteiger charge is -2.39. The lowest BCUT2D eigenvalue weighted by molar-refractivity contribution is -0.137. The summed E-state index contributed by atoms with van der Waals surface area (Å²) in [5, 5.41) is 0. The lowest BCUT2D eigenvalue weighted by atomic mass is 9.97. The van der Waals surface area contributed by atoms with Gasteiger partial charge in [-0.25, -0.2) is 8.42 Å². The van der Waals surface area contributed by atoms with E-state index in [1.54, 1.807) is 4.90 Å². The van der Waals surface area contributed by atoms with Crippen LogP contribution in [-0.4, -0.2) is 55.0 Å². The molecule has 0 aromatic heterocycles. The summed E-state index contributed by atoms with van der Waals surface area (Å²) in [6.07, 6.45) is 2.97. The molecule has 2 atom stereocenters. The van der Waals surface area contributed by atoms with Gasteiger partial charge in [-0.2, -0.15) is 4.31 Å². The SMILES string of the molecule is CC(=O)c1ccc(S(=O)(=O)N(C)CC(=O)N2C(C)CCCC2C)cc1. The summed E-state index contributed by atoms with van der Waals surface area (Å²) >= 11 is 0. The fraction of sp³-hybridized carbons (Fsp3) is 0.556. The van der Waals surface area contributed by atoms with Crippen LogP contribution in [0.15, 0.2) is 29.2 Å². The van der Waals surface area contributed by atoms with E-state index < -0.39 is 10.0 Å². The summed E-state index contributed by atoms with van der Waals surface area (Å²) in [6.45, 7) is 5.24. The zero-order valence-electron chi connectivity index (χ0n) is 15.2. The first-order valence-corrected chi connectivity index (χ1v) is 9.97. The van der Waals surface area contributed by atoms with Crippen molar-refractivity contribution in [1.82, 2.24) is 9.21 Å². The van der Waals surface area contributed by atoms with Gasteiger partial charge in [0.15, 0.2) is 5.78 Å². The van der Waals surface area contributed by atoms with Crippen molar-refractivity contribution in [3.8, 4) is 0 Å². The third-order valence-corrected chi connectivity index (χ3v) is 6.63. The van der Waals surface area contributed by atoms with E-state index in [0.29, 0.717) is 5.56 Å². The molecule has 6 nitrogen and oxygen atoms in total. The molecule has 1 aromatic rings. The van der Waals surface area contributed by atoms with Gasteiger partial charge in [0.25, 0.3) is 0 Å². The van der Waals surface area contributed by atoms with E-state index in [1.165, 1.54) is 38.2 Å². The number of hydrogen-bond acceptors (Lipinski definition) is 4. The number of Topliss-reactive ketones (excluding diaryl/α,β-unsaturated/α-hetero) is 1. The number of piperidine rings is 1. The van der Waals surface area contributed by atoms with Crippen LogP contribution in [0.2, 0.25) is 0 Å². The van der Waals surface area contributed by atoms with E-state index in [4.69, 9.17) is 0 Å². The molecule has 138 valence electrons. The van der Waals surface area contributed by atoms with Crippen molar-refractivity contribution in [1.29, 1.82) is 0 Å². The molecule has 2 rings (SSSR count). The molecule has 0 aliphatic carbocycles. The predicted octanol–water partition coefficient (Wildman–Crippen LogP) is 2.30. The third-order valence-electron chi connectivity index (χ3n) is 4.81. The first kappa shape index (κ1) is 19.6. The lowest BCUT2D eigenvalue weighted by Crippen LogP contribution is -2.51. The van der Waals surface area contributed by atoms with E-state index >= 15 is 0 Å². The fourth-order valence-corrected chi connectivity index (χ4v) is 4.43. The molecule has 1 fully saturated rings. The van der Waals surface area contributed by atoms with Crippen LogP contribution in [0.25, 0.3) is 0 Å². The number of carbonyl (C=O) groups is 2. The molecule has 0 saturated carbocycles. The highest BCUT2D eigenvalue weighted by molar-refractivity contribution is 7.89. The van der Waals surface area contributed by atoms with Crippen molar-refractivity contribution in [2.24, 2.45) is 0 Å². The number of benzene rings is 1. The minimum Gasteiger partial charge on any atom is -0.336 e. The second kappa shape index (κ2) is 7.66. The highest BCUT2D eigenvalue weighted by Gasteiger charge is 2.31. The standard InChI is InChI=1S/C18H26N2O4S/c1-13-6-5-7-14(2)20(13)18(22)12-19(4)25(23,24)17-10-8-16(9-11-17)15(3)21/h8-11,13-14H,5-7,12H2,1-4H3. The smallest absolute Gasteiger partial charge is 0.243 e. The van der Waals surface area contributed by atoms with Gasteiger partial charge in [0, 0.05) is 24.7 Å². The number of likely N-dealkylation sites (tertiary alicyclic amines) is 1. The molecule has 0 bridgehead atoms. The third kappa shape index (κ3) is 4.27. The molecular weight excluding hydrogens is 340 g/mol. The molecule has 1 aliphatic rings. The molecule has 2 unspecified atom stereocenters. The zero-order chi connectivity index (χ0) is 18.8. The molecule has 7 heteroatoms. The van der Waals surface area contributed by atoms with Gasteiger partial charge in [-0.1, -0.05) is 12.1 Å². The van der Waals surface area contributed by atoms with Gasteiger partial charge in [-0.05, 0) is 52.2 Å². The van der Waals surface area contributed by atoms with Crippen molar-refractivity contribution in [2.45, 2.75) is 57.0 Å². The van der Waals surface area contributed by atoms with Gasteiger partial charge in [0.1, 0.15) is 0 Å². The molecule has 1 amide bonds. The van der Waals surface area contributed by atoms with Crippen LogP contribution in [0.1, 0.15) is 50.4 Å². The van der Waals surface area contributed by atoms with E-state index in [2.05, 4.69) is 0 Å². The van der Waals surface area contributed by atoms with Crippen molar-refractivity contribution in [2.75, 3.05) is 13.6 Å². The Balaban J connectivity index is 2.14. The summed E-state index contributed by atoms with van der Waals surface area (Å²) in [5.74, 6) is -0.299. The summed E-state index contributed by atoms with van der Waals surface area (Å²) < 4.78 is 26.4. The monoisotopic (exact) mass is 366 g/mol. The first-order valence-electron chi connectivity index (χ1n) is 8.53. The topological polar surface area (TPSA) is 74.8 Å². The number of hydrogen-bond donors (Lipinski definition) is 0. The second-order valence-corrected chi connectivity index (χ2v) is 8.82. The molecule has 0 spiro atoms. The van der Waals surface area contributed by atoms with Crippen molar-refractivity contribution in [3.63, 3.8) is 0 Å². The van der Waals surface area contributed by atoms with Gasteiger partial charge < -0.3 is 4.90 Å². The number of rotatable bonds is 5. The molecule has 0 N–H and O–H groups in total. The first-order chi connectivity index (χ1) is 11.6. The summed E-state index contributed by atoms with van der Waals surface area (Å²) in [5.41, 5.74) is 0.452. The number of nitrogens with zero attached hydrogens (tertiary/aromatic N) is 2. The molecule has 1 saturated heterocycles. The predicted molar refractivity (Wildman–Crippen MR) is 95.9 cm³/mol. The Morgan fingerprint density at radius 3 is 2.12 bits per heavy atom. The number of carbonyl (C=O) groups excluding carboxylic acids is 2. The minimum absolute atomic E-state index is 0.0764. The van der Waals surface area contributed by atoms with Crippen LogP contribution < -0.4 is 0 Å². The fourth-order valence-electron chi connectivity index (χ4n) is 3.31. The molecule has 1 aromatic carbocycles. The van der Waals surface area contributed by atoms with Crippen molar-refractivity contribution >= 4 is 21.7 Å². The Kier molecular flexibility index (Phi) is 6.00. The molecule has 25 heavy (non-hydrogen) atoms. The normalized spacial score (nSPS) is 21.4. The van der Waals surface area contributed by atoms with Crippen LogP contribution in [0.5, 0.6) is 0 Å². The van der Waals surface area contributed by atoms with Crippen molar-refractivity contribution < 1.29 is 18.0 Å². The summed E-state index contributed by atoms with van der Waals surface area (Å²) in [7, 11) is -2.37. The van der Waals surface area contributed by atoms with Gasteiger partial charge in [-0.15, -0.1) is 0 Å². The maximum Gasteiger partial charge on any atom is 0.243 e. The van der Waals surface area contributed by atoms with Gasteiger partial charge in [-0.3, -0.25) is 9.59 Å². The Morgan fingerprint density at radius 1 is 1.12 bits per heavy atom. The molecular formula is C18H26N2O4S. The van der Waals surface area contributed by atoms with E-state index in [0.717, 1.165) is 23.6 Å². The Labute approximate surface area is 149 Å². The number of sulfonamides is 1. The van der Waals surface area contributed by atoms with E-state index in [-0.39, 0.29) is 35.2 Å². The summed E-state index contributed by atoms with van der Waals surface area (Å²) in [6, 6.07) is 6.03. The Hall–Kier alpha value is -1.73. The quantitative estimate of drug-likeness (QED) is 0.750. The average molecular weight is 366 g/mol. The second-order valence-electron chi connectivity index (χ2n) is 6.77. The highest BCUT2D eigenvalue weighted by Crippen LogP contribution is 2.23. The Morgan fingerprint density at radius 2 is 1.64 bits per heavy atom. The van der Waals surface area contributed by atoms with E-state index in [1.807, 2.05) is 13.8 Å². The van der Waals surface area contributed by atoms with Crippen LogP contribution in [0.4, 0.5) is 0 Å². The number of amides is 1. The number of ketones is 1. The van der Waals surface area contributed by atoms with Gasteiger partial charge in [0.05, 0.1) is 11.4 Å². The van der Waals surface area contributed by atoms with Gasteiger partial charge >= 0.3 is 0 Å². The van der Waals surface area contributed by atoms with Gasteiger partial charge in [0.2, 0.25) is 15.9 Å². The minimum atomic E-state index is -3.78. The van der Waals surface area contributed by atoms with Crippen LogP contribution in [-0.2, 0) is 14.8 Å². The highest BCUT2D eigenvalue weighted by atomic mass is 32.2. The van der Waals surface area contributed by atoms with Crippen molar-refractivity contribution in [3.05, 3.63) is 29.8 Å². The molecule has 1 aliphatic heterocycles. The van der Waals surface area contributed by atoms with Crippen LogP contribution in [0.3, 0.4) is 0 Å². The van der Waals surface area contributed by atoms with Crippen LogP contribution >= 0.6 is 0 Å².